The SMILES string of the molecule is COc1ccc(CNC(=O)c2ccc(F)c(C)c2)cc1. The van der Waals surface area contributed by atoms with Crippen LogP contribution in [0.15, 0.2) is 42.5 Å². The van der Waals surface area contributed by atoms with Crippen molar-refractivity contribution in [2.45, 2.75) is 13.5 Å². The van der Waals surface area contributed by atoms with Gasteiger partial charge in [-0.2, -0.15) is 0 Å². The van der Waals surface area contributed by atoms with E-state index >= 15 is 0 Å². The van der Waals surface area contributed by atoms with E-state index in [0.717, 1.165) is 11.3 Å². The Morgan fingerprint density at radius 1 is 1.20 bits per heavy atom. The summed E-state index contributed by atoms with van der Waals surface area (Å²) in [7, 11) is 1.60. The Morgan fingerprint density at radius 2 is 1.90 bits per heavy atom. The quantitative estimate of drug-likeness (QED) is 0.929. The molecule has 0 bridgehead atoms. The monoisotopic (exact) mass is 273 g/mol. The maximum Gasteiger partial charge on any atom is 0.251 e. The molecule has 0 fully saturated rings. The van der Waals surface area contributed by atoms with Crippen LogP contribution >= 0.6 is 0 Å². The van der Waals surface area contributed by atoms with Crippen molar-refractivity contribution in [2.75, 3.05) is 7.11 Å². The topological polar surface area (TPSA) is 38.3 Å². The van der Waals surface area contributed by atoms with Gasteiger partial charge in [0.05, 0.1) is 7.11 Å². The van der Waals surface area contributed by atoms with E-state index in [1.54, 1.807) is 20.1 Å². The van der Waals surface area contributed by atoms with Gasteiger partial charge >= 0.3 is 0 Å². The molecule has 2 aromatic carbocycles. The number of carbonyl (C=O) groups is 1. The molecule has 0 saturated carbocycles. The predicted molar refractivity (Wildman–Crippen MR) is 75.3 cm³/mol. The minimum atomic E-state index is -0.309. The fraction of sp³-hybridized carbons (Fsp3) is 0.188. The lowest BCUT2D eigenvalue weighted by molar-refractivity contribution is 0.0951. The highest BCUT2D eigenvalue weighted by molar-refractivity contribution is 5.94. The van der Waals surface area contributed by atoms with E-state index in [1.807, 2.05) is 24.3 Å². The highest BCUT2D eigenvalue weighted by Crippen LogP contribution is 2.12. The van der Waals surface area contributed by atoms with E-state index < -0.39 is 0 Å². The molecule has 0 spiro atoms. The Kier molecular flexibility index (Phi) is 4.35. The normalized spacial score (nSPS) is 10.2. The van der Waals surface area contributed by atoms with Crippen LogP contribution in [0, 0.1) is 12.7 Å². The molecule has 1 N–H and O–H groups in total. The largest absolute Gasteiger partial charge is 0.497 e. The van der Waals surface area contributed by atoms with Crippen LogP contribution in [0.1, 0.15) is 21.5 Å². The summed E-state index contributed by atoms with van der Waals surface area (Å²) in [6.07, 6.45) is 0. The van der Waals surface area contributed by atoms with Crippen LogP contribution < -0.4 is 10.1 Å². The molecule has 104 valence electrons. The number of benzene rings is 2. The molecule has 20 heavy (non-hydrogen) atoms. The number of rotatable bonds is 4. The minimum Gasteiger partial charge on any atom is -0.497 e. The van der Waals surface area contributed by atoms with Crippen LogP contribution in [-0.4, -0.2) is 13.0 Å². The number of halogens is 1. The van der Waals surface area contributed by atoms with Crippen molar-refractivity contribution in [3.63, 3.8) is 0 Å². The average molecular weight is 273 g/mol. The van der Waals surface area contributed by atoms with Gasteiger partial charge in [0.25, 0.3) is 5.91 Å². The molecule has 0 aromatic heterocycles. The molecule has 4 heteroatoms. The lowest BCUT2D eigenvalue weighted by atomic mass is 10.1. The number of aryl methyl sites for hydroxylation is 1. The number of carbonyl (C=O) groups excluding carboxylic acids is 1. The Labute approximate surface area is 117 Å². The van der Waals surface area contributed by atoms with Crippen molar-refractivity contribution in [3.8, 4) is 5.75 Å². The molecular formula is C16H16FNO2. The molecule has 2 rings (SSSR count). The van der Waals surface area contributed by atoms with E-state index in [1.165, 1.54) is 12.1 Å². The molecule has 0 radical (unpaired) electrons. The van der Waals surface area contributed by atoms with Gasteiger partial charge in [0.15, 0.2) is 0 Å². The van der Waals surface area contributed by atoms with E-state index in [0.29, 0.717) is 17.7 Å². The standard InChI is InChI=1S/C16H16FNO2/c1-11-9-13(5-8-15(11)17)16(19)18-10-12-3-6-14(20-2)7-4-12/h3-9H,10H2,1-2H3,(H,18,19). The molecule has 1 amide bonds. The van der Waals surface area contributed by atoms with Crippen LogP contribution in [0.3, 0.4) is 0 Å². The first-order valence-electron chi connectivity index (χ1n) is 6.27. The van der Waals surface area contributed by atoms with Crippen LogP contribution in [-0.2, 0) is 6.54 Å². The van der Waals surface area contributed by atoms with Gasteiger partial charge in [0.2, 0.25) is 0 Å². The van der Waals surface area contributed by atoms with Gasteiger partial charge in [-0.3, -0.25) is 4.79 Å². The first-order chi connectivity index (χ1) is 9.60. The van der Waals surface area contributed by atoms with Crippen molar-refractivity contribution in [1.29, 1.82) is 0 Å². The zero-order valence-corrected chi connectivity index (χ0v) is 11.4. The molecule has 0 saturated heterocycles. The Morgan fingerprint density at radius 3 is 2.50 bits per heavy atom. The molecule has 0 aliphatic carbocycles. The van der Waals surface area contributed by atoms with Gasteiger partial charge in [0, 0.05) is 12.1 Å². The Balaban J connectivity index is 1.98. The third-order valence-corrected chi connectivity index (χ3v) is 3.03. The third-order valence-electron chi connectivity index (χ3n) is 3.03. The second-order valence-corrected chi connectivity index (χ2v) is 4.49. The van der Waals surface area contributed by atoms with Crippen LogP contribution in [0.5, 0.6) is 5.75 Å². The van der Waals surface area contributed by atoms with E-state index in [4.69, 9.17) is 4.74 Å². The lowest BCUT2D eigenvalue weighted by Crippen LogP contribution is -2.22. The zero-order valence-electron chi connectivity index (χ0n) is 11.4. The number of nitrogens with one attached hydrogen (secondary N) is 1. The summed E-state index contributed by atoms with van der Waals surface area (Å²) in [5.74, 6) is 0.245. The first-order valence-corrected chi connectivity index (χ1v) is 6.27. The third kappa shape index (κ3) is 3.35. The number of amides is 1. The summed E-state index contributed by atoms with van der Waals surface area (Å²) in [6.45, 7) is 2.05. The molecule has 0 aliphatic rings. The number of methoxy groups -OCH3 is 1. The van der Waals surface area contributed by atoms with Crippen LogP contribution in [0.4, 0.5) is 4.39 Å². The summed E-state index contributed by atoms with van der Waals surface area (Å²) < 4.78 is 18.2. The highest BCUT2D eigenvalue weighted by atomic mass is 19.1. The summed E-state index contributed by atoms with van der Waals surface area (Å²) in [4.78, 5) is 11.9. The Bertz CT molecular complexity index is 608. The number of ether oxygens (including phenoxy) is 1. The van der Waals surface area contributed by atoms with Gasteiger partial charge in [0.1, 0.15) is 11.6 Å². The van der Waals surface area contributed by atoms with Crippen molar-refractivity contribution in [1.82, 2.24) is 5.32 Å². The molecule has 3 nitrogen and oxygen atoms in total. The van der Waals surface area contributed by atoms with Crippen LogP contribution in [0.2, 0.25) is 0 Å². The molecular weight excluding hydrogens is 257 g/mol. The fourth-order valence-corrected chi connectivity index (χ4v) is 1.81. The molecule has 0 unspecified atom stereocenters. The van der Waals surface area contributed by atoms with E-state index in [9.17, 15) is 9.18 Å². The summed E-state index contributed by atoms with van der Waals surface area (Å²) >= 11 is 0. The summed E-state index contributed by atoms with van der Waals surface area (Å²) in [5, 5.41) is 2.80. The molecule has 0 heterocycles. The second-order valence-electron chi connectivity index (χ2n) is 4.49. The smallest absolute Gasteiger partial charge is 0.251 e. The molecule has 0 aliphatic heterocycles. The van der Waals surface area contributed by atoms with Gasteiger partial charge < -0.3 is 10.1 Å². The van der Waals surface area contributed by atoms with Gasteiger partial charge in [-0.1, -0.05) is 12.1 Å². The first kappa shape index (κ1) is 14.1. The van der Waals surface area contributed by atoms with Crippen molar-refractivity contribution < 1.29 is 13.9 Å². The maximum atomic E-state index is 13.1. The number of hydrogen-bond donors (Lipinski definition) is 1. The molecule has 2 aromatic rings. The average Bonchev–Trinajstić information content (AvgIpc) is 2.48. The Hall–Kier alpha value is -2.36. The predicted octanol–water partition coefficient (Wildman–Crippen LogP) is 3.07. The van der Waals surface area contributed by atoms with Crippen molar-refractivity contribution >= 4 is 5.91 Å². The minimum absolute atomic E-state index is 0.219. The van der Waals surface area contributed by atoms with Gasteiger partial charge in [-0.05, 0) is 48.4 Å². The fourth-order valence-electron chi connectivity index (χ4n) is 1.81. The summed E-state index contributed by atoms with van der Waals surface area (Å²) in [6, 6.07) is 11.8. The van der Waals surface area contributed by atoms with Gasteiger partial charge in [-0.15, -0.1) is 0 Å². The highest BCUT2D eigenvalue weighted by Gasteiger charge is 2.07. The summed E-state index contributed by atoms with van der Waals surface area (Å²) in [5.41, 5.74) is 1.89. The number of hydrogen-bond acceptors (Lipinski definition) is 2. The van der Waals surface area contributed by atoms with Crippen molar-refractivity contribution in [2.24, 2.45) is 0 Å². The second kappa shape index (κ2) is 6.19. The maximum absolute atomic E-state index is 13.1. The zero-order chi connectivity index (χ0) is 14.5. The van der Waals surface area contributed by atoms with E-state index in [2.05, 4.69) is 5.32 Å². The van der Waals surface area contributed by atoms with Gasteiger partial charge in [-0.25, -0.2) is 4.39 Å². The van der Waals surface area contributed by atoms with Crippen molar-refractivity contribution in [3.05, 3.63) is 65.0 Å². The van der Waals surface area contributed by atoms with E-state index in [-0.39, 0.29) is 11.7 Å². The van der Waals surface area contributed by atoms with Crippen LogP contribution in [0.25, 0.3) is 0 Å². The lowest BCUT2D eigenvalue weighted by Gasteiger charge is -2.07. The molecule has 0 atom stereocenters.